The summed E-state index contributed by atoms with van der Waals surface area (Å²) in [6.45, 7) is 5.27. The largest absolute Gasteiger partial charge is 0.432 e. The quantitative estimate of drug-likeness (QED) is 0.282. The zero-order valence-electron chi connectivity index (χ0n) is 19.7. The minimum Gasteiger partial charge on any atom is -0.432 e. The van der Waals surface area contributed by atoms with Crippen LogP contribution in [0.1, 0.15) is 64.2 Å². The molecule has 7 heteroatoms. The zero-order valence-corrected chi connectivity index (χ0v) is 19.7. The smallest absolute Gasteiger partial charge is 0.400 e. The maximum absolute atomic E-state index is 14.7. The number of halogens is 4. The van der Waals surface area contributed by atoms with Crippen LogP contribution in [0.15, 0.2) is 30.9 Å². The van der Waals surface area contributed by atoms with E-state index in [0.29, 0.717) is 42.6 Å². The van der Waals surface area contributed by atoms with Crippen molar-refractivity contribution in [2.24, 2.45) is 29.6 Å². The highest BCUT2D eigenvalue weighted by Gasteiger charge is 2.45. The lowest BCUT2D eigenvalue weighted by Gasteiger charge is -2.41. The van der Waals surface area contributed by atoms with E-state index >= 15 is 0 Å². The molecule has 0 unspecified atom stereocenters. The fraction of sp³-hybridized carbons (Fsp3) is 0.704. The molecule has 1 saturated heterocycles. The fourth-order valence-corrected chi connectivity index (χ4v) is 5.99. The third kappa shape index (κ3) is 6.54. The minimum atomic E-state index is -3.44. The van der Waals surface area contributed by atoms with Crippen molar-refractivity contribution in [1.82, 2.24) is 0 Å². The summed E-state index contributed by atoms with van der Waals surface area (Å²) in [5.41, 5.74) is 0. The SMILES string of the molecule is C=CCCC1COC(C2CCC(C3CCC(C(F)(F)Oc4cc(F)cc(F)c4)CC3)CC2)OC1. The summed E-state index contributed by atoms with van der Waals surface area (Å²) in [6, 6.07) is 2.23. The Hall–Kier alpha value is -1.60. The van der Waals surface area contributed by atoms with Gasteiger partial charge >= 0.3 is 6.11 Å². The number of ether oxygens (including phenoxy) is 3. The number of hydrogen-bond donors (Lipinski definition) is 0. The Bertz CT molecular complexity index is 773. The van der Waals surface area contributed by atoms with Crippen molar-refractivity contribution in [1.29, 1.82) is 0 Å². The van der Waals surface area contributed by atoms with Gasteiger partial charge in [-0.25, -0.2) is 8.78 Å². The molecule has 0 amide bonds. The summed E-state index contributed by atoms with van der Waals surface area (Å²) in [5.74, 6) is -1.42. The Morgan fingerprint density at radius 3 is 1.94 bits per heavy atom. The summed E-state index contributed by atoms with van der Waals surface area (Å²) in [7, 11) is 0. The van der Waals surface area contributed by atoms with E-state index in [9.17, 15) is 17.6 Å². The van der Waals surface area contributed by atoms with Gasteiger partial charge < -0.3 is 14.2 Å². The molecule has 1 aromatic carbocycles. The number of hydrogen-bond acceptors (Lipinski definition) is 3. The van der Waals surface area contributed by atoms with Gasteiger partial charge in [-0.1, -0.05) is 6.08 Å². The summed E-state index contributed by atoms with van der Waals surface area (Å²) in [6.07, 6.45) is 6.86. The predicted octanol–water partition coefficient (Wildman–Crippen LogP) is 7.50. The second-order valence-electron chi connectivity index (χ2n) is 10.3. The molecule has 0 bridgehead atoms. The first-order valence-electron chi connectivity index (χ1n) is 12.7. The van der Waals surface area contributed by atoms with Crippen LogP contribution in [0.25, 0.3) is 0 Å². The molecule has 4 rings (SSSR count). The molecule has 1 heterocycles. The van der Waals surface area contributed by atoms with Gasteiger partial charge in [0.05, 0.1) is 19.1 Å². The first-order valence-corrected chi connectivity index (χ1v) is 12.7. The van der Waals surface area contributed by atoms with E-state index in [2.05, 4.69) is 6.58 Å². The molecule has 2 aliphatic carbocycles. The van der Waals surface area contributed by atoms with E-state index in [4.69, 9.17) is 14.2 Å². The number of benzene rings is 1. The highest BCUT2D eigenvalue weighted by molar-refractivity contribution is 5.24. The highest BCUT2D eigenvalue weighted by Crippen LogP contribution is 2.46. The molecular weight excluding hydrogens is 448 g/mol. The van der Waals surface area contributed by atoms with Crippen molar-refractivity contribution >= 4 is 0 Å². The molecule has 3 nitrogen and oxygen atoms in total. The average Bonchev–Trinajstić information content (AvgIpc) is 2.82. The second kappa shape index (κ2) is 11.4. The highest BCUT2D eigenvalue weighted by atomic mass is 19.3. The van der Waals surface area contributed by atoms with Gasteiger partial charge in [-0.05, 0) is 76.0 Å². The Morgan fingerprint density at radius 2 is 1.38 bits per heavy atom. The van der Waals surface area contributed by atoms with Gasteiger partial charge in [0.1, 0.15) is 17.4 Å². The van der Waals surface area contributed by atoms with Crippen LogP contribution in [0.2, 0.25) is 0 Å². The molecular formula is C27H36F4O3. The van der Waals surface area contributed by atoms with E-state index in [1.165, 1.54) is 0 Å². The lowest BCUT2D eigenvalue weighted by atomic mass is 9.69. The fourth-order valence-electron chi connectivity index (χ4n) is 5.99. The molecule has 1 aliphatic heterocycles. The van der Waals surface area contributed by atoms with E-state index in [1.807, 2.05) is 6.08 Å². The molecule has 0 spiro atoms. The first kappa shape index (κ1) is 25.5. The van der Waals surface area contributed by atoms with Crippen molar-refractivity contribution in [2.75, 3.05) is 13.2 Å². The lowest BCUT2D eigenvalue weighted by Crippen LogP contribution is -2.40. The van der Waals surface area contributed by atoms with Crippen LogP contribution in [0, 0.1) is 41.2 Å². The molecule has 1 aromatic rings. The molecule has 190 valence electrons. The van der Waals surface area contributed by atoms with E-state index < -0.39 is 29.4 Å². The summed E-state index contributed by atoms with van der Waals surface area (Å²) in [4.78, 5) is 0. The maximum atomic E-state index is 14.7. The molecule has 3 fully saturated rings. The van der Waals surface area contributed by atoms with Gasteiger partial charge in [0.25, 0.3) is 0 Å². The Balaban J connectivity index is 1.20. The second-order valence-corrected chi connectivity index (χ2v) is 10.3. The van der Waals surface area contributed by atoms with Gasteiger partial charge in [0.2, 0.25) is 0 Å². The van der Waals surface area contributed by atoms with E-state index in [0.717, 1.165) is 76.7 Å². The van der Waals surface area contributed by atoms with Gasteiger partial charge in [0, 0.05) is 30.0 Å². The Kier molecular flexibility index (Phi) is 8.57. The maximum Gasteiger partial charge on any atom is 0.400 e. The Morgan fingerprint density at radius 1 is 0.853 bits per heavy atom. The van der Waals surface area contributed by atoms with Crippen LogP contribution in [0.5, 0.6) is 5.75 Å². The third-order valence-corrected chi connectivity index (χ3v) is 7.98. The summed E-state index contributed by atoms with van der Waals surface area (Å²) in [5, 5.41) is 0. The zero-order chi connectivity index (χ0) is 24.1. The minimum absolute atomic E-state index is 0.111. The first-order chi connectivity index (χ1) is 16.3. The summed E-state index contributed by atoms with van der Waals surface area (Å²) < 4.78 is 72.8. The van der Waals surface area contributed by atoms with Gasteiger partial charge in [-0.15, -0.1) is 6.58 Å². The molecule has 0 aromatic heterocycles. The molecule has 3 aliphatic rings. The predicted molar refractivity (Wildman–Crippen MR) is 121 cm³/mol. The van der Waals surface area contributed by atoms with Crippen molar-refractivity contribution < 1.29 is 31.8 Å². The van der Waals surface area contributed by atoms with Crippen molar-refractivity contribution in [3.05, 3.63) is 42.5 Å². The van der Waals surface area contributed by atoms with Crippen LogP contribution < -0.4 is 4.74 Å². The monoisotopic (exact) mass is 484 g/mol. The number of rotatable bonds is 8. The third-order valence-electron chi connectivity index (χ3n) is 7.98. The van der Waals surface area contributed by atoms with Crippen LogP contribution in [0.4, 0.5) is 17.6 Å². The van der Waals surface area contributed by atoms with Gasteiger partial charge in [-0.3, -0.25) is 0 Å². The normalized spacial score (nSPS) is 32.8. The van der Waals surface area contributed by atoms with Crippen molar-refractivity contribution in [2.45, 2.75) is 76.6 Å². The Labute approximate surface area is 199 Å². The number of allylic oxidation sites excluding steroid dienone is 1. The van der Waals surface area contributed by atoms with Gasteiger partial charge in [-0.2, -0.15) is 8.78 Å². The topological polar surface area (TPSA) is 27.7 Å². The standard InChI is InChI=1S/C27H36F4O3/c1-2-3-4-18-16-32-26(33-17-18)21-7-5-19(6-8-21)20-9-11-22(12-10-20)27(30,31)34-25-14-23(28)13-24(29)15-25/h2,13-15,18-22,26H,1,3-12,16-17H2. The van der Waals surface area contributed by atoms with E-state index in [-0.39, 0.29) is 6.29 Å². The van der Waals surface area contributed by atoms with Crippen LogP contribution in [-0.4, -0.2) is 25.6 Å². The molecule has 2 saturated carbocycles. The molecule has 0 atom stereocenters. The van der Waals surface area contributed by atoms with Crippen LogP contribution in [-0.2, 0) is 9.47 Å². The average molecular weight is 485 g/mol. The molecule has 0 N–H and O–H groups in total. The van der Waals surface area contributed by atoms with Gasteiger partial charge in [0.15, 0.2) is 6.29 Å². The van der Waals surface area contributed by atoms with E-state index in [1.54, 1.807) is 0 Å². The number of alkyl halides is 2. The summed E-state index contributed by atoms with van der Waals surface area (Å²) >= 11 is 0. The molecule has 0 radical (unpaired) electrons. The van der Waals surface area contributed by atoms with Crippen molar-refractivity contribution in [3.63, 3.8) is 0 Å². The molecule has 34 heavy (non-hydrogen) atoms. The van der Waals surface area contributed by atoms with Crippen molar-refractivity contribution in [3.8, 4) is 5.75 Å². The lowest BCUT2D eigenvalue weighted by molar-refractivity contribution is -0.231. The van der Waals surface area contributed by atoms with Crippen LogP contribution >= 0.6 is 0 Å². The van der Waals surface area contributed by atoms with Crippen LogP contribution in [0.3, 0.4) is 0 Å².